The minimum Gasteiger partial charge on any atom is -0.493 e. The molecule has 146 valence electrons. The van der Waals surface area contributed by atoms with Crippen LogP contribution in [0.1, 0.15) is 44.6 Å². The van der Waals surface area contributed by atoms with Gasteiger partial charge >= 0.3 is 0 Å². The Kier molecular flexibility index (Phi) is 6.42. The second kappa shape index (κ2) is 8.61. The van der Waals surface area contributed by atoms with Crippen molar-refractivity contribution in [3.63, 3.8) is 0 Å². The van der Waals surface area contributed by atoms with E-state index >= 15 is 0 Å². The first-order valence-corrected chi connectivity index (χ1v) is 10.5. The number of amides is 1. The molecule has 27 heavy (non-hydrogen) atoms. The van der Waals surface area contributed by atoms with Crippen molar-refractivity contribution in [2.75, 3.05) is 20.8 Å². The molecule has 0 aromatic heterocycles. The lowest BCUT2D eigenvalue weighted by molar-refractivity contribution is -0.124. The van der Waals surface area contributed by atoms with E-state index in [0.29, 0.717) is 28.9 Å². The highest BCUT2D eigenvalue weighted by Gasteiger charge is 2.40. The summed E-state index contributed by atoms with van der Waals surface area (Å²) in [6.45, 7) is 2.46. The van der Waals surface area contributed by atoms with Crippen LogP contribution in [0.4, 0.5) is 0 Å². The zero-order valence-corrected chi connectivity index (χ0v) is 18.4. The van der Waals surface area contributed by atoms with E-state index in [1.54, 1.807) is 12.0 Å². The molecule has 1 aliphatic heterocycles. The molecule has 1 aliphatic carbocycles. The lowest BCUT2D eigenvalue weighted by Gasteiger charge is -2.30. The zero-order chi connectivity index (χ0) is 19.6. The number of carbonyl (C=O) groups excluding carboxylic acids is 1. The number of benzene rings is 1. The molecule has 2 fully saturated rings. The fourth-order valence-corrected chi connectivity index (χ4v) is 4.44. The largest absolute Gasteiger partial charge is 0.493 e. The summed E-state index contributed by atoms with van der Waals surface area (Å²) in [5, 5.41) is 0.591. The summed E-state index contributed by atoms with van der Waals surface area (Å²) in [4.78, 5) is 16.7. The number of ether oxygens (including phenoxy) is 2. The van der Waals surface area contributed by atoms with Gasteiger partial charge in [0.1, 0.15) is 5.70 Å². The molecule has 3 rings (SSSR count). The van der Waals surface area contributed by atoms with Crippen molar-refractivity contribution in [1.29, 1.82) is 0 Å². The number of nitrogens with zero attached hydrogens (tertiary/aromatic N) is 2. The highest BCUT2D eigenvalue weighted by Crippen LogP contribution is 2.36. The van der Waals surface area contributed by atoms with E-state index in [2.05, 4.69) is 15.9 Å². The highest BCUT2D eigenvalue weighted by atomic mass is 79.9. The summed E-state index contributed by atoms with van der Waals surface area (Å²) < 4.78 is 11.9. The van der Waals surface area contributed by atoms with E-state index < -0.39 is 0 Å². The third kappa shape index (κ3) is 3.99. The molecule has 1 saturated heterocycles. The van der Waals surface area contributed by atoms with Gasteiger partial charge in [0.25, 0.3) is 5.91 Å². The molecule has 0 atom stereocenters. The number of hydrogen-bond donors (Lipinski definition) is 0. The molecular weight excluding hydrogens is 428 g/mol. The lowest BCUT2D eigenvalue weighted by Crippen LogP contribution is -2.41. The van der Waals surface area contributed by atoms with Gasteiger partial charge in [-0.3, -0.25) is 9.69 Å². The van der Waals surface area contributed by atoms with Crippen LogP contribution in [0.2, 0.25) is 0 Å². The van der Waals surface area contributed by atoms with Gasteiger partial charge in [-0.1, -0.05) is 35.2 Å². The number of hydrogen-bond acceptors (Lipinski definition) is 4. The molecule has 1 aromatic carbocycles. The standard InChI is InChI=1S/C20H25BrN2O3S/c1-4-26-18-11-13(15(21)12-17(18)25-3)10-16-19(24)23(20(27)22(16)2)14-8-6-5-7-9-14/h10-12,14H,4-9H2,1-3H3/b16-10-. The summed E-state index contributed by atoms with van der Waals surface area (Å²) in [6, 6.07) is 3.95. The molecular formula is C20H25BrN2O3S. The van der Waals surface area contributed by atoms with Crippen molar-refractivity contribution < 1.29 is 14.3 Å². The molecule has 2 aliphatic rings. The van der Waals surface area contributed by atoms with Crippen LogP contribution in [0, 0.1) is 0 Å². The van der Waals surface area contributed by atoms with E-state index in [-0.39, 0.29) is 11.9 Å². The maximum Gasteiger partial charge on any atom is 0.277 e. The molecule has 0 spiro atoms. The van der Waals surface area contributed by atoms with Gasteiger partial charge in [-0.05, 0) is 55.8 Å². The second-order valence-electron chi connectivity index (χ2n) is 6.80. The highest BCUT2D eigenvalue weighted by molar-refractivity contribution is 9.10. The quantitative estimate of drug-likeness (QED) is 0.482. The molecule has 7 heteroatoms. The van der Waals surface area contributed by atoms with E-state index in [9.17, 15) is 4.79 Å². The second-order valence-corrected chi connectivity index (χ2v) is 8.02. The predicted octanol–water partition coefficient (Wildman–Crippen LogP) is 4.59. The predicted molar refractivity (Wildman–Crippen MR) is 114 cm³/mol. The molecule has 1 heterocycles. The van der Waals surface area contributed by atoms with Gasteiger partial charge in [-0.25, -0.2) is 0 Å². The van der Waals surface area contributed by atoms with Gasteiger partial charge < -0.3 is 14.4 Å². The summed E-state index contributed by atoms with van der Waals surface area (Å²) in [5.74, 6) is 1.28. The Bertz CT molecular complexity index is 775. The Hall–Kier alpha value is -1.60. The monoisotopic (exact) mass is 452 g/mol. The van der Waals surface area contributed by atoms with Gasteiger partial charge in [-0.15, -0.1) is 0 Å². The third-order valence-electron chi connectivity index (χ3n) is 5.11. The van der Waals surface area contributed by atoms with Crippen molar-refractivity contribution in [3.05, 3.63) is 27.9 Å². The molecule has 5 nitrogen and oxygen atoms in total. The van der Waals surface area contributed by atoms with Gasteiger partial charge in [-0.2, -0.15) is 0 Å². The van der Waals surface area contributed by atoms with Gasteiger partial charge in [0.05, 0.1) is 13.7 Å². The van der Waals surface area contributed by atoms with E-state index in [1.807, 2.05) is 37.1 Å². The van der Waals surface area contributed by atoms with Crippen molar-refractivity contribution >= 4 is 45.2 Å². The number of rotatable bonds is 5. The minimum atomic E-state index is -0.0184. The smallest absolute Gasteiger partial charge is 0.277 e. The summed E-state index contributed by atoms with van der Waals surface area (Å²) in [6.07, 6.45) is 7.46. The average molecular weight is 453 g/mol. The van der Waals surface area contributed by atoms with E-state index in [4.69, 9.17) is 21.7 Å². The molecule has 0 radical (unpaired) electrons. The van der Waals surface area contributed by atoms with Crippen LogP contribution in [0.3, 0.4) is 0 Å². The number of thiocarbonyl (C=S) groups is 1. The summed E-state index contributed by atoms with van der Waals surface area (Å²) in [5.41, 5.74) is 1.43. The first kappa shape index (κ1) is 20.1. The van der Waals surface area contributed by atoms with Crippen LogP contribution in [0.25, 0.3) is 6.08 Å². The number of halogens is 1. The Morgan fingerprint density at radius 3 is 2.59 bits per heavy atom. The maximum absolute atomic E-state index is 13.1. The fourth-order valence-electron chi connectivity index (χ4n) is 3.67. The summed E-state index contributed by atoms with van der Waals surface area (Å²) >= 11 is 9.16. The topological polar surface area (TPSA) is 42.0 Å². The summed E-state index contributed by atoms with van der Waals surface area (Å²) in [7, 11) is 3.47. The SMILES string of the molecule is CCOc1cc(/C=C2/C(=O)N(C3CCCCC3)C(=S)N2C)c(Br)cc1OC. The van der Waals surface area contributed by atoms with Crippen LogP contribution in [0.15, 0.2) is 22.3 Å². The molecule has 0 unspecified atom stereocenters. The van der Waals surface area contributed by atoms with Crippen LogP contribution in [-0.4, -0.2) is 47.6 Å². The van der Waals surface area contributed by atoms with Crippen molar-refractivity contribution in [1.82, 2.24) is 9.80 Å². The molecule has 0 bridgehead atoms. The number of likely N-dealkylation sites (N-methyl/N-ethyl adjacent to an activating group) is 1. The molecule has 0 N–H and O–H groups in total. The molecule has 1 amide bonds. The third-order valence-corrected chi connectivity index (χ3v) is 6.26. The van der Waals surface area contributed by atoms with Gasteiger partial charge in [0.2, 0.25) is 0 Å². The normalized spacial score (nSPS) is 19.9. The average Bonchev–Trinajstić information content (AvgIpc) is 2.88. The zero-order valence-electron chi connectivity index (χ0n) is 16.0. The first-order chi connectivity index (χ1) is 13.0. The van der Waals surface area contributed by atoms with Crippen LogP contribution in [-0.2, 0) is 4.79 Å². The molecule has 1 saturated carbocycles. The Morgan fingerprint density at radius 2 is 1.96 bits per heavy atom. The number of carbonyl (C=O) groups is 1. The van der Waals surface area contributed by atoms with Crippen molar-refractivity contribution in [2.24, 2.45) is 0 Å². The van der Waals surface area contributed by atoms with Crippen molar-refractivity contribution in [3.8, 4) is 11.5 Å². The van der Waals surface area contributed by atoms with Crippen molar-refractivity contribution in [2.45, 2.75) is 45.1 Å². The van der Waals surface area contributed by atoms with Gasteiger partial charge in [0, 0.05) is 17.6 Å². The Labute approximate surface area is 174 Å². The lowest BCUT2D eigenvalue weighted by atomic mass is 9.94. The first-order valence-electron chi connectivity index (χ1n) is 9.31. The Balaban J connectivity index is 1.95. The number of methoxy groups -OCH3 is 1. The Morgan fingerprint density at radius 1 is 1.26 bits per heavy atom. The van der Waals surface area contributed by atoms with Crippen LogP contribution < -0.4 is 9.47 Å². The van der Waals surface area contributed by atoms with Crippen LogP contribution in [0.5, 0.6) is 11.5 Å². The fraction of sp³-hybridized carbons (Fsp3) is 0.500. The van der Waals surface area contributed by atoms with E-state index in [0.717, 1.165) is 35.7 Å². The molecule has 1 aromatic rings. The van der Waals surface area contributed by atoms with E-state index in [1.165, 1.54) is 6.42 Å². The minimum absolute atomic E-state index is 0.0184. The van der Waals surface area contributed by atoms with Gasteiger partial charge in [0.15, 0.2) is 16.6 Å². The maximum atomic E-state index is 13.1. The van der Waals surface area contributed by atoms with Crippen LogP contribution >= 0.6 is 28.1 Å².